The minimum Gasteiger partial charge on any atom is -0.395 e. The molecule has 1 heterocycles. The first-order valence-corrected chi connectivity index (χ1v) is 6.75. The number of ether oxygens (including phenoxy) is 1. The van der Waals surface area contributed by atoms with Crippen molar-refractivity contribution >= 4 is 5.91 Å². The molecule has 0 aliphatic carbocycles. The lowest BCUT2D eigenvalue weighted by Gasteiger charge is -2.21. The Bertz CT molecular complexity index is 552. The number of benzene rings is 1. The minimum absolute atomic E-state index is 0.0686. The number of rotatable bonds is 7. The maximum Gasteiger partial charge on any atom is 0.254 e. The van der Waals surface area contributed by atoms with Gasteiger partial charge >= 0.3 is 0 Å². The summed E-state index contributed by atoms with van der Waals surface area (Å²) in [6.45, 7) is 1.12. The Labute approximate surface area is 123 Å². The van der Waals surface area contributed by atoms with Gasteiger partial charge in [0, 0.05) is 38.2 Å². The second kappa shape index (κ2) is 7.56. The summed E-state index contributed by atoms with van der Waals surface area (Å²) >= 11 is 0. The number of aliphatic hydroxyl groups is 1. The highest BCUT2D eigenvalue weighted by molar-refractivity contribution is 5.94. The Morgan fingerprint density at radius 1 is 1.33 bits per heavy atom. The van der Waals surface area contributed by atoms with Gasteiger partial charge in [-0.2, -0.15) is 5.10 Å². The van der Waals surface area contributed by atoms with Crippen molar-refractivity contribution in [2.45, 2.75) is 0 Å². The zero-order valence-electron chi connectivity index (χ0n) is 12.0. The summed E-state index contributed by atoms with van der Waals surface area (Å²) in [5.41, 5.74) is 1.47. The number of carbonyl (C=O) groups is 1. The molecule has 0 atom stereocenters. The van der Waals surface area contributed by atoms with Gasteiger partial charge in [0.15, 0.2) is 0 Å². The van der Waals surface area contributed by atoms with Crippen molar-refractivity contribution in [2.24, 2.45) is 0 Å². The van der Waals surface area contributed by atoms with Crippen LogP contribution in [0.3, 0.4) is 0 Å². The third kappa shape index (κ3) is 3.90. The van der Waals surface area contributed by atoms with Crippen LogP contribution in [0, 0.1) is 0 Å². The first-order valence-electron chi connectivity index (χ1n) is 6.75. The van der Waals surface area contributed by atoms with Gasteiger partial charge in [0.25, 0.3) is 5.91 Å². The van der Waals surface area contributed by atoms with Crippen LogP contribution < -0.4 is 0 Å². The Morgan fingerprint density at radius 2 is 2.10 bits per heavy atom. The normalized spacial score (nSPS) is 10.6. The number of aromatic nitrogens is 2. The fourth-order valence-corrected chi connectivity index (χ4v) is 2.00. The summed E-state index contributed by atoms with van der Waals surface area (Å²) in [6, 6.07) is 9.04. The van der Waals surface area contributed by atoms with Gasteiger partial charge in [0.05, 0.1) is 18.9 Å². The average molecular weight is 289 g/mol. The molecule has 1 aromatic heterocycles. The maximum atomic E-state index is 12.4. The van der Waals surface area contributed by atoms with Crippen LogP contribution in [0.4, 0.5) is 0 Å². The average Bonchev–Trinajstić information content (AvgIpc) is 3.05. The number of hydrogen-bond acceptors (Lipinski definition) is 4. The largest absolute Gasteiger partial charge is 0.395 e. The molecule has 0 bridgehead atoms. The molecule has 21 heavy (non-hydrogen) atoms. The first-order chi connectivity index (χ1) is 10.3. The predicted octanol–water partition coefficient (Wildman–Crippen LogP) is 0.953. The molecule has 0 saturated heterocycles. The van der Waals surface area contributed by atoms with Crippen molar-refractivity contribution in [1.29, 1.82) is 0 Å². The molecule has 2 aromatic rings. The minimum atomic E-state index is -0.117. The molecule has 1 N–H and O–H groups in total. The summed E-state index contributed by atoms with van der Waals surface area (Å²) < 4.78 is 6.71. The van der Waals surface area contributed by atoms with E-state index in [0.29, 0.717) is 25.3 Å². The quantitative estimate of drug-likeness (QED) is 0.824. The van der Waals surface area contributed by atoms with Crippen molar-refractivity contribution in [2.75, 3.05) is 33.4 Å². The van der Waals surface area contributed by atoms with Gasteiger partial charge in [-0.25, -0.2) is 4.68 Å². The van der Waals surface area contributed by atoms with Gasteiger partial charge < -0.3 is 14.7 Å². The van der Waals surface area contributed by atoms with Crippen LogP contribution in [0.1, 0.15) is 10.4 Å². The SMILES string of the molecule is COCCN(CCO)C(=O)c1ccc(-n2cccn2)cc1. The van der Waals surface area contributed by atoms with Gasteiger partial charge in [0.2, 0.25) is 0 Å². The van der Waals surface area contributed by atoms with Crippen LogP contribution in [0.5, 0.6) is 0 Å². The van der Waals surface area contributed by atoms with E-state index in [1.807, 2.05) is 24.4 Å². The van der Waals surface area contributed by atoms with Crippen LogP contribution in [-0.4, -0.2) is 59.1 Å². The molecular weight excluding hydrogens is 270 g/mol. The molecule has 6 heteroatoms. The van der Waals surface area contributed by atoms with Crippen molar-refractivity contribution < 1.29 is 14.6 Å². The Morgan fingerprint density at radius 3 is 2.67 bits per heavy atom. The summed E-state index contributed by atoms with van der Waals surface area (Å²) in [7, 11) is 1.58. The Hall–Kier alpha value is -2.18. The fourth-order valence-electron chi connectivity index (χ4n) is 2.00. The van der Waals surface area contributed by atoms with Gasteiger partial charge in [-0.1, -0.05) is 0 Å². The topological polar surface area (TPSA) is 67.6 Å². The van der Waals surface area contributed by atoms with Gasteiger partial charge in [-0.3, -0.25) is 4.79 Å². The standard InChI is InChI=1S/C15H19N3O3/c1-21-12-10-17(9-11-19)15(20)13-3-5-14(6-4-13)18-8-2-7-16-18/h2-8,19H,9-12H2,1H3. The second-order valence-electron chi connectivity index (χ2n) is 4.51. The van der Waals surface area contributed by atoms with Crippen molar-refractivity contribution in [3.05, 3.63) is 48.3 Å². The van der Waals surface area contributed by atoms with E-state index >= 15 is 0 Å². The molecule has 1 amide bonds. The third-order valence-electron chi connectivity index (χ3n) is 3.11. The van der Waals surface area contributed by atoms with Crippen LogP contribution in [-0.2, 0) is 4.74 Å². The number of nitrogens with zero attached hydrogens (tertiary/aromatic N) is 3. The molecule has 0 saturated carbocycles. The highest BCUT2D eigenvalue weighted by atomic mass is 16.5. The number of aliphatic hydroxyl groups excluding tert-OH is 1. The van der Waals surface area contributed by atoms with E-state index in [1.165, 1.54) is 0 Å². The lowest BCUT2D eigenvalue weighted by molar-refractivity contribution is 0.0656. The highest BCUT2D eigenvalue weighted by Crippen LogP contribution is 2.11. The van der Waals surface area contributed by atoms with Crippen molar-refractivity contribution in [3.63, 3.8) is 0 Å². The predicted molar refractivity (Wildman–Crippen MR) is 78.4 cm³/mol. The molecule has 1 aromatic carbocycles. The molecule has 0 unspecified atom stereocenters. The molecule has 112 valence electrons. The molecule has 2 rings (SSSR count). The molecule has 0 radical (unpaired) electrons. The molecule has 6 nitrogen and oxygen atoms in total. The molecular formula is C15H19N3O3. The summed E-state index contributed by atoms with van der Waals surface area (Å²) in [6.07, 6.45) is 3.54. The number of amides is 1. The number of methoxy groups -OCH3 is 1. The van der Waals surface area contributed by atoms with Crippen LogP contribution in [0.15, 0.2) is 42.7 Å². The smallest absolute Gasteiger partial charge is 0.254 e. The lowest BCUT2D eigenvalue weighted by atomic mass is 10.2. The summed E-state index contributed by atoms with van der Waals surface area (Å²) in [4.78, 5) is 14.0. The number of carbonyl (C=O) groups excluding carboxylic acids is 1. The molecule has 0 aliphatic heterocycles. The molecule has 0 spiro atoms. The van der Waals surface area contributed by atoms with E-state index < -0.39 is 0 Å². The first kappa shape index (κ1) is 15.2. The third-order valence-corrected chi connectivity index (χ3v) is 3.11. The van der Waals surface area contributed by atoms with E-state index in [4.69, 9.17) is 9.84 Å². The zero-order valence-corrected chi connectivity index (χ0v) is 12.0. The Balaban J connectivity index is 2.10. The van der Waals surface area contributed by atoms with Gasteiger partial charge in [0.1, 0.15) is 0 Å². The van der Waals surface area contributed by atoms with E-state index in [0.717, 1.165) is 5.69 Å². The summed E-state index contributed by atoms with van der Waals surface area (Å²) in [5.74, 6) is -0.117. The van der Waals surface area contributed by atoms with E-state index in [9.17, 15) is 4.79 Å². The van der Waals surface area contributed by atoms with Crippen molar-refractivity contribution in [1.82, 2.24) is 14.7 Å². The van der Waals surface area contributed by atoms with Crippen LogP contribution >= 0.6 is 0 Å². The van der Waals surface area contributed by atoms with E-state index in [1.54, 1.807) is 35.0 Å². The van der Waals surface area contributed by atoms with Gasteiger partial charge in [-0.15, -0.1) is 0 Å². The monoisotopic (exact) mass is 289 g/mol. The van der Waals surface area contributed by atoms with E-state index in [-0.39, 0.29) is 12.5 Å². The van der Waals surface area contributed by atoms with Crippen LogP contribution in [0.2, 0.25) is 0 Å². The molecule has 0 aliphatic rings. The summed E-state index contributed by atoms with van der Waals surface area (Å²) in [5, 5.41) is 13.2. The fraction of sp³-hybridized carbons (Fsp3) is 0.333. The van der Waals surface area contributed by atoms with Crippen molar-refractivity contribution in [3.8, 4) is 5.69 Å². The maximum absolute atomic E-state index is 12.4. The number of hydrogen-bond donors (Lipinski definition) is 1. The second-order valence-corrected chi connectivity index (χ2v) is 4.51. The van der Waals surface area contributed by atoms with Gasteiger partial charge in [-0.05, 0) is 30.3 Å². The van der Waals surface area contributed by atoms with Crippen LogP contribution in [0.25, 0.3) is 5.69 Å². The van der Waals surface area contributed by atoms with E-state index in [2.05, 4.69) is 5.10 Å². The zero-order chi connectivity index (χ0) is 15.1. The highest BCUT2D eigenvalue weighted by Gasteiger charge is 2.15. The molecule has 0 fully saturated rings. The lowest BCUT2D eigenvalue weighted by Crippen LogP contribution is -2.36. The Kier molecular flexibility index (Phi) is 5.48.